The smallest absolute Gasteiger partial charge is 0.427 e. The van der Waals surface area contributed by atoms with Crippen LogP contribution in [0.3, 0.4) is 0 Å². The van der Waals surface area contributed by atoms with Crippen LogP contribution >= 0.6 is 0 Å². The molecule has 33 heavy (non-hydrogen) atoms. The maximum atomic E-state index is 13.2. The van der Waals surface area contributed by atoms with Gasteiger partial charge in [-0.1, -0.05) is 45.3 Å². The SMILES string of the molecule is CCCCCN=C1N(CCC2=CCCCC2)CC(=O)[C@H](CC(C)C)N1OC(=O)OC(C)(C)C. The first-order chi connectivity index (χ1) is 15.6. The summed E-state index contributed by atoms with van der Waals surface area (Å²) >= 11 is 0. The molecule has 1 aliphatic heterocycles. The Morgan fingerprint density at radius 1 is 1.24 bits per heavy atom. The molecule has 1 heterocycles. The molecule has 0 spiro atoms. The molecule has 1 aliphatic carbocycles. The number of unbranched alkanes of at least 4 members (excludes halogenated alkanes) is 2. The molecule has 1 fully saturated rings. The molecule has 7 nitrogen and oxygen atoms in total. The number of guanidine groups is 1. The molecule has 7 heteroatoms. The van der Waals surface area contributed by atoms with Gasteiger partial charge in [-0.2, -0.15) is 5.06 Å². The monoisotopic (exact) mass is 463 g/mol. The van der Waals surface area contributed by atoms with Crippen molar-refractivity contribution < 1.29 is 19.2 Å². The Morgan fingerprint density at radius 3 is 2.61 bits per heavy atom. The van der Waals surface area contributed by atoms with Gasteiger partial charge in [0.25, 0.3) is 0 Å². The molecule has 0 bridgehead atoms. The van der Waals surface area contributed by atoms with Crippen molar-refractivity contribution in [3.8, 4) is 0 Å². The van der Waals surface area contributed by atoms with Crippen LogP contribution in [0, 0.1) is 5.92 Å². The number of hydrogen-bond donors (Lipinski definition) is 0. The average Bonchev–Trinajstić information content (AvgIpc) is 2.72. The third kappa shape index (κ3) is 9.38. The van der Waals surface area contributed by atoms with E-state index in [0.717, 1.165) is 38.5 Å². The molecule has 0 radical (unpaired) electrons. The maximum Gasteiger partial charge on any atom is 0.534 e. The number of rotatable bonds is 10. The van der Waals surface area contributed by atoms with E-state index in [4.69, 9.17) is 14.6 Å². The van der Waals surface area contributed by atoms with E-state index in [1.165, 1.54) is 23.5 Å². The van der Waals surface area contributed by atoms with Gasteiger partial charge in [-0.15, -0.1) is 0 Å². The number of nitrogens with zero attached hydrogens (tertiary/aromatic N) is 3. The molecular weight excluding hydrogens is 418 g/mol. The van der Waals surface area contributed by atoms with E-state index in [1.807, 2.05) is 4.90 Å². The molecule has 0 unspecified atom stereocenters. The van der Waals surface area contributed by atoms with Crippen LogP contribution in [0.1, 0.15) is 99.3 Å². The Balaban J connectivity index is 2.29. The topological polar surface area (TPSA) is 71.4 Å². The van der Waals surface area contributed by atoms with Crippen molar-refractivity contribution in [3.05, 3.63) is 11.6 Å². The first kappa shape index (κ1) is 27.2. The second kappa shape index (κ2) is 13.0. The van der Waals surface area contributed by atoms with Gasteiger partial charge in [0.2, 0.25) is 5.96 Å². The number of hydrogen-bond acceptors (Lipinski definition) is 5. The summed E-state index contributed by atoms with van der Waals surface area (Å²) < 4.78 is 5.41. The lowest BCUT2D eigenvalue weighted by molar-refractivity contribution is -0.156. The standard InChI is InChI=1S/C26H45N3O4/c1-7-8-12-16-27-24-28(17-15-21-13-10-9-11-14-21)19-23(30)22(18-20(2)3)29(24)33-25(31)32-26(4,5)6/h13,20,22H,7-12,14-19H2,1-6H3/t22-/m0/s1. The zero-order valence-corrected chi connectivity index (χ0v) is 21.7. The number of aliphatic imine (C=N–C) groups is 1. The first-order valence-electron chi connectivity index (χ1n) is 12.8. The summed E-state index contributed by atoms with van der Waals surface area (Å²) in [6, 6.07) is -0.549. The summed E-state index contributed by atoms with van der Waals surface area (Å²) in [5.41, 5.74) is 0.763. The van der Waals surface area contributed by atoms with Crippen LogP contribution < -0.4 is 0 Å². The van der Waals surface area contributed by atoms with E-state index in [9.17, 15) is 9.59 Å². The highest BCUT2D eigenvalue weighted by atomic mass is 16.8. The Bertz CT molecular complexity index is 709. The minimum Gasteiger partial charge on any atom is -0.427 e. The zero-order valence-electron chi connectivity index (χ0n) is 21.7. The molecule has 1 atom stereocenters. The van der Waals surface area contributed by atoms with E-state index in [0.29, 0.717) is 32.0 Å². The fourth-order valence-corrected chi connectivity index (χ4v) is 4.20. The van der Waals surface area contributed by atoms with Gasteiger partial charge in [-0.05, 0) is 71.6 Å². The lowest BCUT2D eigenvalue weighted by Gasteiger charge is -2.42. The normalized spacial score (nSPS) is 20.9. The fraction of sp³-hybridized carbons (Fsp3) is 0.808. The van der Waals surface area contributed by atoms with Gasteiger partial charge in [-0.25, -0.2) is 4.79 Å². The van der Waals surface area contributed by atoms with E-state index in [1.54, 1.807) is 20.8 Å². The van der Waals surface area contributed by atoms with E-state index in [2.05, 4.69) is 26.8 Å². The number of carbonyl (C=O) groups is 2. The highest BCUT2D eigenvalue weighted by Crippen LogP contribution is 2.25. The quantitative estimate of drug-likeness (QED) is 0.228. The zero-order chi connectivity index (χ0) is 24.4. The molecule has 1 saturated heterocycles. The van der Waals surface area contributed by atoms with Gasteiger partial charge in [0.1, 0.15) is 11.6 Å². The summed E-state index contributed by atoms with van der Waals surface area (Å²) in [5.74, 6) is 0.903. The largest absolute Gasteiger partial charge is 0.534 e. The minimum atomic E-state index is -0.804. The van der Waals surface area contributed by atoms with Gasteiger partial charge in [0.15, 0.2) is 5.78 Å². The first-order valence-corrected chi connectivity index (χ1v) is 12.8. The molecule has 2 aliphatic rings. The van der Waals surface area contributed by atoms with Crippen LogP contribution in [0.15, 0.2) is 16.6 Å². The lowest BCUT2D eigenvalue weighted by Crippen LogP contribution is -2.61. The van der Waals surface area contributed by atoms with Crippen molar-refractivity contribution in [2.24, 2.45) is 10.9 Å². The maximum absolute atomic E-state index is 13.2. The minimum absolute atomic E-state index is 0.0531. The molecule has 0 aromatic rings. The van der Waals surface area contributed by atoms with Crippen LogP contribution in [0.25, 0.3) is 0 Å². The highest BCUT2D eigenvalue weighted by Gasteiger charge is 2.41. The van der Waals surface area contributed by atoms with Gasteiger partial charge < -0.3 is 14.5 Å². The summed E-state index contributed by atoms with van der Waals surface area (Å²) in [6.45, 7) is 13.3. The third-order valence-electron chi connectivity index (χ3n) is 5.84. The Kier molecular flexibility index (Phi) is 10.7. The van der Waals surface area contributed by atoms with Crippen molar-refractivity contribution in [1.82, 2.24) is 9.96 Å². The van der Waals surface area contributed by atoms with Crippen LogP contribution in [0.5, 0.6) is 0 Å². The van der Waals surface area contributed by atoms with Crippen LogP contribution in [-0.4, -0.2) is 59.1 Å². The van der Waals surface area contributed by atoms with Gasteiger partial charge >= 0.3 is 6.16 Å². The van der Waals surface area contributed by atoms with E-state index in [-0.39, 0.29) is 11.7 Å². The summed E-state index contributed by atoms with van der Waals surface area (Å²) in [6.07, 6.45) is 10.9. The van der Waals surface area contributed by atoms with E-state index < -0.39 is 17.8 Å². The Hall–Kier alpha value is -2.05. The second-order valence-electron chi connectivity index (χ2n) is 10.7. The molecule has 0 N–H and O–H groups in total. The molecule has 0 amide bonds. The van der Waals surface area contributed by atoms with Crippen LogP contribution in [-0.2, 0) is 14.4 Å². The van der Waals surface area contributed by atoms with Crippen LogP contribution in [0.4, 0.5) is 4.79 Å². The third-order valence-corrected chi connectivity index (χ3v) is 5.84. The number of Topliss-reactive ketones (excluding diaryl/α,β-unsaturated/α-hetero) is 1. The summed E-state index contributed by atoms with van der Waals surface area (Å²) in [4.78, 5) is 38.4. The van der Waals surface area contributed by atoms with Crippen LogP contribution in [0.2, 0.25) is 0 Å². The van der Waals surface area contributed by atoms with Crippen molar-refractivity contribution in [2.45, 2.75) is 111 Å². The summed E-state index contributed by atoms with van der Waals surface area (Å²) in [5, 5.41) is 1.45. The van der Waals surface area contributed by atoms with Crippen molar-refractivity contribution in [1.29, 1.82) is 0 Å². The van der Waals surface area contributed by atoms with Gasteiger partial charge in [-0.3, -0.25) is 9.79 Å². The molecule has 0 saturated carbocycles. The van der Waals surface area contributed by atoms with Gasteiger partial charge in [0.05, 0.1) is 6.54 Å². The molecular formula is C26H45N3O4. The molecule has 0 aromatic heterocycles. The predicted octanol–water partition coefficient (Wildman–Crippen LogP) is 5.89. The van der Waals surface area contributed by atoms with Crippen molar-refractivity contribution >= 4 is 17.9 Å². The Morgan fingerprint density at radius 2 is 2.00 bits per heavy atom. The number of carbonyl (C=O) groups excluding carboxylic acids is 2. The second-order valence-corrected chi connectivity index (χ2v) is 10.7. The fourth-order valence-electron chi connectivity index (χ4n) is 4.20. The van der Waals surface area contributed by atoms with Crippen molar-refractivity contribution in [3.63, 3.8) is 0 Å². The Labute approximate surface area is 200 Å². The van der Waals surface area contributed by atoms with Gasteiger partial charge in [0, 0.05) is 13.1 Å². The highest BCUT2D eigenvalue weighted by molar-refractivity contribution is 5.97. The molecule has 2 rings (SSSR count). The number of allylic oxidation sites excluding steroid dienone is 1. The average molecular weight is 464 g/mol. The summed E-state index contributed by atoms with van der Waals surface area (Å²) in [7, 11) is 0. The van der Waals surface area contributed by atoms with Crippen molar-refractivity contribution in [2.75, 3.05) is 19.6 Å². The predicted molar refractivity (Wildman–Crippen MR) is 132 cm³/mol. The lowest BCUT2D eigenvalue weighted by atomic mass is 9.96. The number of ether oxygens (including phenoxy) is 1. The van der Waals surface area contributed by atoms with E-state index >= 15 is 0 Å². The molecule has 188 valence electrons. The molecule has 0 aromatic carbocycles. The number of hydroxylamine groups is 2. The number of ketones is 1.